The molecule has 1 aromatic carbocycles. The maximum absolute atomic E-state index is 12.7. The fraction of sp³-hybridized carbons (Fsp3) is 0.333. The minimum atomic E-state index is -0.442. The third-order valence-electron chi connectivity index (χ3n) is 1.52. The molecule has 0 aliphatic carbocycles. The van der Waals surface area contributed by atoms with Crippen LogP contribution in [-0.2, 0) is 6.42 Å². The predicted octanol–water partition coefficient (Wildman–Crippen LogP) is 2.51. The zero-order valence-electron chi connectivity index (χ0n) is 6.72. The SMILES string of the molecule is CC(O)Cc1cc(F)ccc1Br. The molecule has 1 nitrogen and oxygen atoms in total. The molecule has 1 rings (SSSR count). The van der Waals surface area contributed by atoms with Gasteiger partial charge in [0.05, 0.1) is 6.10 Å². The highest BCUT2D eigenvalue weighted by molar-refractivity contribution is 9.10. The molecule has 0 saturated heterocycles. The highest BCUT2D eigenvalue weighted by Crippen LogP contribution is 2.19. The van der Waals surface area contributed by atoms with E-state index in [1.165, 1.54) is 12.1 Å². The largest absolute Gasteiger partial charge is 0.393 e. The van der Waals surface area contributed by atoms with Crippen LogP contribution in [0.1, 0.15) is 12.5 Å². The van der Waals surface area contributed by atoms with E-state index in [1.807, 2.05) is 0 Å². The van der Waals surface area contributed by atoms with Gasteiger partial charge in [0.1, 0.15) is 5.82 Å². The lowest BCUT2D eigenvalue weighted by Gasteiger charge is -2.06. The van der Waals surface area contributed by atoms with E-state index in [0.29, 0.717) is 6.42 Å². The Labute approximate surface area is 79.4 Å². The highest BCUT2D eigenvalue weighted by Gasteiger charge is 2.04. The summed E-state index contributed by atoms with van der Waals surface area (Å²) in [5.41, 5.74) is 0.796. The van der Waals surface area contributed by atoms with Gasteiger partial charge in [0.25, 0.3) is 0 Å². The number of halogens is 2. The first kappa shape index (κ1) is 9.68. The third-order valence-corrected chi connectivity index (χ3v) is 2.30. The Morgan fingerprint density at radius 1 is 1.58 bits per heavy atom. The molecule has 0 amide bonds. The molecule has 1 N–H and O–H groups in total. The average molecular weight is 233 g/mol. The second-order valence-corrected chi connectivity index (χ2v) is 3.64. The zero-order chi connectivity index (χ0) is 9.14. The molecule has 1 unspecified atom stereocenters. The van der Waals surface area contributed by atoms with Crippen LogP contribution in [0.4, 0.5) is 4.39 Å². The summed E-state index contributed by atoms with van der Waals surface area (Å²) in [5, 5.41) is 9.08. The van der Waals surface area contributed by atoms with Gasteiger partial charge in [-0.15, -0.1) is 0 Å². The van der Waals surface area contributed by atoms with Gasteiger partial charge in [0, 0.05) is 4.47 Å². The van der Waals surface area contributed by atoms with Crippen molar-refractivity contribution < 1.29 is 9.50 Å². The molecule has 0 saturated carbocycles. The van der Waals surface area contributed by atoms with E-state index in [9.17, 15) is 4.39 Å². The summed E-state index contributed by atoms with van der Waals surface area (Å²) in [6.07, 6.45) is 0.0290. The predicted molar refractivity (Wildman–Crippen MR) is 49.5 cm³/mol. The van der Waals surface area contributed by atoms with E-state index >= 15 is 0 Å². The van der Waals surface area contributed by atoms with Crippen molar-refractivity contribution in [1.29, 1.82) is 0 Å². The summed E-state index contributed by atoms with van der Waals surface area (Å²) in [4.78, 5) is 0. The number of aliphatic hydroxyl groups is 1. The molecule has 66 valence electrons. The number of rotatable bonds is 2. The van der Waals surface area contributed by atoms with Gasteiger partial charge in [0.2, 0.25) is 0 Å². The number of aliphatic hydroxyl groups excluding tert-OH is 1. The first-order valence-electron chi connectivity index (χ1n) is 3.71. The Kier molecular flexibility index (Phi) is 3.23. The Balaban J connectivity index is 2.90. The van der Waals surface area contributed by atoms with Gasteiger partial charge < -0.3 is 5.11 Å². The van der Waals surface area contributed by atoms with Crippen LogP contribution in [0, 0.1) is 5.82 Å². The third kappa shape index (κ3) is 2.57. The van der Waals surface area contributed by atoms with Crippen LogP contribution in [0.3, 0.4) is 0 Å². The molecule has 0 aromatic heterocycles. The fourth-order valence-electron chi connectivity index (χ4n) is 1.02. The summed E-state index contributed by atoms with van der Waals surface area (Å²) >= 11 is 3.28. The van der Waals surface area contributed by atoms with E-state index in [1.54, 1.807) is 13.0 Å². The van der Waals surface area contributed by atoms with Gasteiger partial charge in [-0.3, -0.25) is 0 Å². The van der Waals surface area contributed by atoms with Crippen LogP contribution < -0.4 is 0 Å². The molecule has 0 aliphatic rings. The van der Waals surface area contributed by atoms with Gasteiger partial charge in [-0.05, 0) is 37.1 Å². The van der Waals surface area contributed by atoms with Crippen molar-refractivity contribution in [2.75, 3.05) is 0 Å². The second kappa shape index (κ2) is 4.01. The van der Waals surface area contributed by atoms with E-state index in [4.69, 9.17) is 5.11 Å². The van der Waals surface area contributed by atoms with Crippen LogP contribution in [0.5, 0.6) is 0 Å². The van der Waals surface area contributed by atoms with Crippen LogP contribution in [0.2, 0.25) is 0 Å². The summed E-state index contributed by atoms with van der Waals surface area (Å²) in [6, 6.07) is 4.46. The molecule has 0 bridgehead atoms. The van der Waals surface area contributed by atoms with Gasteiger partial charge in [-0.2, -0.15) is 0 Å². The van der Waals surface area contributed by atoms with Gasteiger partial charge in [-0.1, -0.05) is 15.9 Å². The number of hydrogen-bond acceptors (Lipinski definition) is 1. The van der Waals surface area contributed by atoms with Crippen molar-refractivity contribution in [3.05, 3.63) is 34.1 Å². The second-order valence-electron chi connectivity index (χ2n) is 2.79. The Bertz CT molecular complexity index is 273. The lowest BCUT2D eigenvalue weighted by Crippen LogP contribution is -2.04. The number of benzene rings is 1. The summed E-state index contributed by atoms with van der Waals surface area (Å²) in [5.74, 6) is -0.270. The average Bonchev–Trinajstić information content (AvgIpc) is 1.96. The molecule has 0 radical (unpaired) electrons. The topological polar surface area (TPSA) is 20.2 Å². The molecule has 0 aliphatic heterocycles. The maximum atomic E-state index is 12.7. The smallest absolute Gasteiger partial charge is 0.123 e. The molecule has 12 heavy (non-hydrogen) atoms. The van der Waals surface area contributed by atoms with Gasteiger partial charge >= 0.3 is 0 Å². The van der Waals surface area contributed by atoms with Gasteiger partial charge in [-0.25, -0.2) is 4.39 Å². The van der Waals surface area contributed by atoms with Crippen molar-refractivity contribution >= 4 is 15.9 Å². The molecular formula is C9H10BrFO. The summed E-state index contributed by atoms with van der Waals surface area (Å²) in [6.45, 7) is 1.68. The molecule has 3 heteroatoms. The quantitative estimate of drug-likeness (QED) is 0.832. The molecule has 0 spiro atoms. The lowest BCUT2D eigenvalue weighted by atomic mass is 10.1. The van der Waals surface area contributed by atoms with E-state index in [-0.39, 0.29) is 5.82 Å². The minimum absolute atomic E-state index is 0.270. The van der Waals surface area contributed by atoms with Crippen molar-refractivity contribution in [2.24, 2.45) is 0 Å². The van der Waals surface area contributed by atoms with Crippen LogP contribution >= 0.6 is 15.9 Å². The Hall–Kier alpha value is -0.410. The normalized spacial score (nSPS) is 13.0. The number of hydrogen-bond donors (Lipinski definition) is 1. The van der Waals surface area contributed by atoms with Crippen molar-refractivity contribution in [3.63, 3.8) is 0 Å². The summed E-state index contributed by atoms with van der Waals surface area (Å²) < 4.78 is 13.5. The highest BCUT2D eigenvalue weighted by atomic mass is 79.9. The molecular weight excluding hydrogens is 223 g/mol. The van der Waals surface area contributed by atoms with Crippen molar-refractivity contribution in [1.82, 2.24) is 0 Å². The van der Waals surface area contributed by atoms with Crippen LogP contribution in [0.15, 0.2) is 22.7 Å². The van der Waals surface area contributed by atoms with Crippen LogP contribution in [-0.4, -0.2) is 11.2 Å². The molecule has 0 fully saturated rings. The molecule has 0 heterocycles. The van der Waals surface area contributed by atoms with Crippen molar-refractivity contribution in [2.45, 2.75) is 19.4 Å². The van der Waals surface area contributed by atoms with Gasteiger partial charge in [0.15, 0.2) is 0 Å². The standard InChI is InChI=1S/C9H10BrFO/c1-6(12)4-7-5-8(11)2-3-9(7)10/h2-3,5-6,12H,4H2,1H3. The van der Waals surface area contributed by atoms with E-state index < -0.39 is 6.10 Å². The first-order valence-corrected chi connectivity index (χ1v) is 4.51. The lowest BCUT2D eigenvalue weighted by molar-refractivity contribution is 0.195. The molecule has 1 aromatic rings. The Morgan fingerprint density at radius 3 is 2.83 bits per heavy atom. The summed E-state index contributed by atoms with van der Waals surface area (Å²) in [7, 11) is 0. The van der Waals surface area contributed by atoms with Crippen molar-refractivity contribution in [3.8, 4) is 0 Å². The fourth-order valence-corrected chi connectivity index (χ4v) is 1.43. The maximum Gasteiger partial charge on any atom is 0.123 e. The molecule has 1 atom stereocenters. The first-order chi connectivity index (χ1) is 5.59. The monoisotopic (exact) mass is 232 g/mol. The Morgan fingerprint density at radius 2 is 2.25 bits per heavy atom. The van der Waals surface area contributed by atoms with E-state index in [2.05, 4.69) is 15.9 Å². The zero-order valence-corrected chi connectivity index (χ0v) is 8.31. The van der Waals surface area contributed by atoms with E-state index in [0.717, 1.165) is 10.0 Å². The van der Waals surface area contributed by atoms with Crippen LogP contribution in [0.25, 0.3) is 0 Å². The minimum Gasteiger partial charge on any atom is -0.393 e.